The zero-order chi connectivity index (χ0) is 9.07. The Hall–Kier alpha value is -0.630. The molecular weight excluding hydrogens is 164 g/mol. The van der Waals surface area contributed by atoms with E-state index in [1.165, 1.54) is 0 Å². The average molecular weight is 175 g/mol. The molecule has 0 saturated carbocycles. The number of hydrogen-bond acceptors (Lipinski definition) is 2. The number of carbonyl (C=O) groups excluding carboxylic acids is 2. The zero-order valence-electron chi connectivity index (χ0n) is 6.69. The smallest absolute Gasteiger partial charge is 0.288 e. The molecule has 0 aliphatic carbocycles. The molecule has 0 radical (unpaired) electrons. The maximum atomic E-state index is 10.8. The fourth-order valence-electron chi connectivity index (χ4n) is 0.555. The first-order chi connectivity index (χ1) is 4.89. The number of hydrogen-bond donors (Lipinski definition) is 0. The molecule has 0 aromatic rings. The van der Waals surface area contributed by atoms with Gasteiger partial charge in [0.25, 0.3) is 5.24 Å². The van der Waals surface area contributed by atoms with Gasteiger partial charge in [0.1, 0.15) is 0 Å². The fraction of sp³-hybridized carbons (Fsp3) is 0.500. The molecular formula is C8H11ClO2. The molecule has 11 heavy (non-hydrogen) atoms. The third-order valence-corrected chi connectivity index (χ3v) is 1.60. The van der Waals surface area contributed by atoms with E-state index in [9.17, 15) is 9.59 Å². The van der Waals surface area contributed by atoms with Crippen molar-refractivity contribution in [2.24, 2.45) is 5.41 Å². The second-order valence-electron chi connectivity index (χ2n) is 3.07. The molecule has 0 aromatic heterocycles. The van der Waals surface area contributed by atoms with Crippen molar-refractivity contribution in [2.45, 2.75) is 20.3 Å². The molecule has 0 saturated heterocycles. The molecule has 3 heteroatoms. The topological polar surface area (TPSA) is 34.1 Å². The lowest BCUT2D eigenvalue weighted by molar-refractivity contribution is -0.133. The van der Waals surface area contributed by atoms with Crippen LogP contribution in [0.15, 0.2) is 12.7 Å². The van der Waals surface area contributed by atoms with Crippen LogP contribution in [0.5, 0.6) is 0 Å². The Labute approximate surface area is 71.2 Å². The molecule has 0 unspecified atom stereocenters. The summed E-state index contributed by atoms with van der Waals surface area (Å²) in [5.74, 6) is -0.559. The van der Waals surface area contributed by atoms with Gasteiger partial charge in [-0.3, -0.25) is 9.59 Å². The maximum absolute atomic E-state index is 10.8. The maximum Gasteiger partial charge on any atom is 0.288 e. The van der Waals surface area contributed by atoms with E-state index in [2.05, 4.69) is 6.58 Å². The van der Waals surface area contributed by atoms with E-state index < -0.39 is 11.0 Å². The van der Waals surface area contributed by atoms with Crippen molar-refractivity contribution >= 4 is 22.6 Å². The van der Waals surface area contributed by atoms with Gasteiger partial charge in [-0.25, -0.2) is 0 Å². The molecule has 2 nitrogen and oxygen atoms in total. The molecule has 0 N–H and O–H groups in total. The predicted molar refractivity (Wildman–Crippen MR) is 44.5 cm³/mol. The number of Topliss-reactive ketones (excluding diaryl/α,β-unsaturated/α-hetero) is 1. The Morgan fingerprint density at radius 1 is 1.55 bits per heavy atom. The standard InChI is InChI=1S/C8H11ClO2/c1-4-8(2,3)5-6(10)7(9)11/h4H,1,5H2,2-3H3. The van der Waals surface area contributed by atoms with Crippen LogP contribution in [0, 0.1) is 5.41 Å². The van der Waals surface area contributed by atoms with Crippen molar-refractivity contribution < 1.29 is 9.59 Å². The Balaban J connectivity index is 4.15. The van der Waals surface area contributed by atoms with Gasteiger partial charge in [0.05, 0.1) is 0 Å². The van der Waals surface area contributed by atoms with E-state index in [-0.39, 0.29) is 11.8 Å². The molecule has 0 aliphatic rings. The Kier molecular flexibility index (Phi) is 3.46. The van der Waals surface area contributed by atoms with E-state index in [1.54, 1.807) is 6.08 Å². The van der Waals surface area contributed by atoms with Gasteiger partial charge in [0.2, 0.25) is 5.78 Å². The van der Waals surface area contributed by atoms with Gasteiger partial charge in [-0.2, -0.15) is 0 Å². The fourth-order valence-corrected chi connectivity index (χ4v) is 0.622. The molecule has 0 bridgehead atoms. The van der Waals surface area contributed by atoms with Crippen molar-refractivity contribution in [3.05, 3.63) is 12.7 Å². The van der Waals surface area contributed by atoms with Crippen molar-refractivity contribution in [3.8, 4) is 0 Å². The molecule has 0 aliphatic heterocycles. The molecule has 0 atom stereocenters. The number of ketones is 1. The minimum atomic E-state index is -0.903. The van der Waals surface area contributed by atoms with Crippen LogP contribution in [0.4, 0.5) is 0 Å². The summed E-state index contributed by atoms with van der Waals surface area (Å²) in [7, 11) is 0. The van der Waals surface area contributed by atoms with Crippen molar-refractivity contribution in [1.82, 2.24) is 0 Å². The van der Waals surface area contributed by atoms with E-state index in [0.29, 0.717) is 0 Å². The molecule has 0 amide bonds. The van der Waals surface area contributed by atoms with Gasteiger partial charge in [-0.05, 0) is 17.0 Å². The van der Waals surface area contributed by atoms with E-state index in [1.807, 2.05) is 13.8 Å². The number of allylic oxidation sites excluding steroid dienone is 1. The first kappa shape index (κ1) is 10.4. The second kappa shape index (κ2) is 3.67. The van der Waals surface area contributed by atoms with E-state index in [4.69, 9.17) is 11.6 Å². The molecule has 62 valence electrons. The highest BCUT2D eigenvalue weighted by Gasteiger charge is 2.21. The van der Waals surface area contributed by atoms with Gasteiger partial charge in [-0.15, -0.1) is 6.58 Å². The molecule has 0 fully saturated rings. The van der Waals surface area contributed by atoms with Crippen molar-refractivity contribution in [3.63, 3.8) is 0 Å². The van der Waals surface area contributed by atoms with E-state index >= 15 is 0 Å². The van der Waals surface area contributed by atoms with Gasteiger partial charge < -0.3 is 0 Å². The summed E-state index contributed by atoms with van der Waals surface area (Å²) < 4.78 is 0. The van der Waals surface area contributed by atoms with Crippen LogP contribution in [-0.4, -0.2) is 11.0 Å². The van der Waals surface area contributed by atoms with Crippen molar-refractivity contribution in [1.29, 1.82) is 0 Å². The van der Waals surface area contributed by atoms with Crippen LogP contribution in [-0.2, 0) is 9.59 Å². The van der Waals surface area contributed by atoms with E-state index in [0.717, 1.165) is 0 Å². The highest BCUT2D eigenvalue weighted by molar-refractivity contribution is 6.81. The van der Waals surface area contributed by atoms with Crippen LogP contribution >= 0.6 is 11.6 Å². The minimum absolute atomic E-state index is 0.124. The summed E-state index contributed by atoms with van der Waals surface area (Å²) in [5, 5.41) is -0.903. The summed E-state index contributed by atoms with van der Waals surface area (Å²) in [6.45, 7) is 7.17. The van der Waals surface area contributed by atoms with Crippen LogP contribution in [0.2, 0.25) is 0 Å². The lowest BCUT2D eigenvalue weighted by Gasteiger charge is -2.16. The summed E-state index contributed by atoms with van der Waals surface area (Å²) in [4.78, 5) is 21.1. The van der Waals surface area contributed by atoms with Gasteiger partial charge in [-0.1, -0.05) is 19.9 Å². The SMILES string of the molecule is C=CC(C)(C)CC(=O)C(=O)Cl. The minimum Gasteiger partial charge on any atom is -0.289 e. The Morgan fingerprint density at radius 2 is 2.00 bits per heavy atom. The largest absolute Gasteiger partial charge is 0.289 e. The van der Waals surface area contributed by atoms with Crippen LogP contribution in [0.25, 0.3) is 0 Å². The lowest BCUT2D eigenvalue weighted by Crippen LogP contribution is -2.17. The van der Waals surface area contributed by atoms with Gasteiger partial charge in [0.15, 0.2) is 0 Å². The monoisotopic (exact) mass is 174 g/mol. The highest BCUT2D eigenvalue weighted by atomic mass is 35.5. The van der Waals surface area contributed by atoms with Gasteiger partial charge in [0, 0.05) is 6.42 Å². The molecule has 0 aromatic carbocycles. The summed E-state index contributed by atoms with van der Waals surface area (Å²) >= 11 is 4.97. The Bertz CT molecular complexity index is 194. The number of rotatable bonds is 4. The third kappa shape index (κ3) is 3.94. The summed E-state index contributed by atoms with van der Waals surface area (Å²) in [6.07, 6.45) is 1.75. The number of halogens is 1. The quantitative estimate of drug-likeness (QED) is 0.371. The van der Waals surface area contributed by atoms with Crippen LogP contribution < -0.4 is 0 Å². The third-order valence-electron chi connectivity index (χ3n) is 1.39. The van der Waals surface area contributed by atoms with Gasteiger partial charge >= 0.3 is 0 Å². The summed E-state index contributed by atoms with van der Waals surface area (Å²) in [5.41, 5.74) is -0.346. The van der Waals surface area contributed by atoms with Crippen LogP contribution in [0.3, 0.4) is 0 Å². The lowest BCUT2D eigenvalue weighted by atomic mass is 9.88. The molecule has 0 heterocycles. The first-order valence-corrected chi connectivity index (χ1v) is 3.63. The Morgan fingerprint density at radius 3 is 2.27 bits per heavy atom. The summed E-state index contributed by atoms with van der Waals surface area (Å²) in [6, 6.07) is 0. The molecule has 0 spiro atoms. The first-order valence-electron chi connectivity index (χ1n) is 3.25. The highest BCUT2D eigenvalue weighted by Crippen LogP contribution is 2.21. The second-order valence-corrected chi connectivity index (χ2v) is 3.41. The predicted octanol–water partition coefficient (Wildman–Crippen LogP) is 1.92. The van der Waals surface area contributed by atoms with Crippen LogP contribution in [0.1, 0.15) is 20.3 Å². The average Bonchev–Trinajstić information content (AvgIpc) is 1.87. The van der Waals surface area contributed by atoms with Crippen molar-refractivity contribution in [2.75, 3.05) is 0 Å². The molecule has 0 rings (SSSR count). The number of carbonyl (C=O) groups is 2. The zero-order valence-corrected chi connectivity index (χ0v) is 7.44. The normalized spacial score (nSPS) is 10.8.